The summed E-state index contributed by atoms with van der Waals surface area (Å²) in [4.78, 5) is 0. The topological polar surface area (TPSA) is 20.2 Å². The van der Waals surface area contributed by atoms with Gasteiger partial charge in [0.2, 0.25) is 0 Å². The Balaban J connectivity index is 2.92. The molecule has 0 rings (SSSR count). The Kier molecular flexibility index (Phi) is 2.81. The van der Waals surface area contributed by atoms with E-state index in [1.54, 1.807) is 0 Å². The molecule has 0 heterocycles. The van der Waals surface area contributed by atoms with Crippen LogP contribution in [-0.4, -0.2) is 5.11 Å². The van der Waals surface area contributed by atoms with Crippen LogP contribution in [0.1, 0.15) is 0 Å². The zero-order chi connectivity index (χ0) is 4.12. The summed E-state index contributed by atoms with van der Waals surface area (Å²) in [5.74, 6) is 0. The van der Waals surface area contributed by atoms with Crippen LogP contribution in [0.5, 0.6) is 0 Å². The molecule has 0 spiro atoms. The van der Waals surface area contributed by atoms with E-state index in [-0.39, 0.29) is 0 Å². The van der Waals surface area contributed by atoms with Crippen molar-refractivity contribution in [1.82, 2.24) is 0 Å². The Morgan fingerprint density at radius 2 is 2.20 bits per heavy atom. The molecule has 28 valence electrons. The lowest BCUT2D eigenvalue weighted by Gasteiger charge is -1.58. The maximum atomic E-state index is 7.81. The molecule has 0 atom stereocenters. The first kappa shape index (κ1) is 4.28. The van der Waals surface area contributed by atoms with Crippen molar-refractivity contribution in [2.75, 3.05) is 0 Å². The third-order valence-corrected chi connectivity index (χ3v) is 0.222. The van der Waals surface area contributed by atoms with Gasteiger partial charge in [-0.1, -0.05) is 12.7 Å². The predicted octanol–water partition coefficient (Wildman–Crippen LogP) is 1.24. The molecular weight excluding hydrogens is 64.0 g/mol. The normalized spacial score (nSPS) is 8.80. The first-order valence-corrected chi connectivity index (χ1v) is 1.33. The van der Waals surface area contributed by atoms with Gasteiger partial charge in [-0.15, -0.1) is 0 Å². The summed E-state index contributed by atoms with van der Waals surface area (Å²) in [6, 6.07) is 0. The van der Waals surface area contributed by atoms with E-state index in [0.717, 1.165) is 6.26 Å². The van der Waals surface area contributed by atoms with Gasteiger partial charge in [0, 0.05) is 0 Å². The van der Waals surface area contributed by atoms with Crippen LogP contribution in [-0.2, 0) is 0 Å². The van der Waals surface area contributed by atoms with Gasteiger partial charge in [0.25, 0.3) is 0 Å². The first-order valence-electron chi connectivity index (χ1n) is 1.33. The lowest BCUT2D eigenvalue weighted by Crippen LogP contribution is -1.40. The Morgan fingerprint density at radius 1 is 1.60 bits per heavy atom. The molecule has 1 N–H and O–H groups in total. The number of hydrogen-bond acceptors (Lipinski definition) is 1. The minimum atomic E-state index is 0.938. The van der Waals surface area contributed by atoms with E-state index >= 15 is 0 Å². The SMILES string of the molecule is C=C/C=C/O. The average Bonchev–Trinajstić information content (AvgIpc) is 1.41. The molecule has 0 aromatic heterocycles. The second-order valence-corrected chi connectivity index (χ2v) is 0.577. The molecule has 0 aliphatic heterocycles. The molecule has 0 amide bonds. The molecular formula is C4H6O. The van der Waals surface area contributed by atoms with Crippen molar-refractivity contribution in [2.45, 2.75) is 0 Å². The molecule has 0 saturated carbocycles. The van der Waals surface area contributed by atoms with Crippen LogP contribution in [0.25, 0.3) is 0 Å². The van der Waals surface area contributed by atoms with Crippen LogP contribution >= 0.6 is 0 Å². The molecule has 0 aromatic carbocycles. The molecule has 0 aliphatic carbocycles. The molecule has 0 saturated heterocycles. The van der Waals surface area contributed by atoms with Gasteiger partial charge in [0.05, 0.1) is 6.26 Å². The summed E-state index contributed by atoms with van der Waals surface area (Å²) in [6.07, 6.45) is 3.88. The highest BCUT2D eigenvalue weighted by molar-refractivity contribution is 4.91. The van der Waals surface area contributed by atoms with Crippen molar-refractivity contribution in [3.05, 3.63) is 25.0 Å². The maximum absolute atomic E-state index is 7.81. The summed E-state index contributed by atoms with van der Waals surface area (Å²) in [6.45, 7) is 3.30. The summed E-state index contributed by atoms with van der Waals surface area (Å²) in [5.41, 5.74) is 0. The maximum Gasteiger partial charge on any atom is 0.0791 e. The van der Waals surface area contributed by atoms with Crippen molar-refractivity contribution in [2.24, 2.45) is 0 Å². The van der Waals surface area contributed by atoms with Crippen molar-refractivity contribution in [3.63, 3.8) is 0 Å². The molecule has 5 heavy (non-hydrogen) atoms. The highest BCUT2D eigenvalue weighted by Gasteiger charge is 1.43. The quantitative estimate of drug-likeness (QED) is 0.363. The van der Waals surface area contributed by atoms with Crippen molar-refractivity contribution >= 4 is 0 Å². The molecule has 0 aliphatic rings. The smallest absolute Gasteiger partial charge is 0.0791 e. The van der Waals surface area contributed by atoms with Crippen molar-refractivity contribution in [3.8, 4) is 0 Å². The van der Waals surface area contributed by atoms with Crippen LogP contribution in [0.3, 0.4) is 0 Å². The molecule has 0 bridgehead atoms. The summed E-state index contributed by atoms with van der Waals surface area (Å²) in [5, 5.41) is 7.81. The van der Waals surface area contributed by atoms with Crippen molar-refractivity contribution in [1.29, 1.82) is 0 Å². The minimum Gasteiger partial charge on any atom is -0.516 e. The molecule has 0 unspecified atom stereocenters. The molecule has 1 heteroatoms. The van der Waals surface area contributed by atoms with E-state index in [2.05, 4.69) is 6.58 Å². The first-order chi connectivity index (χ1) is 2.41. The third-order valence-electron chi connectivity index (χ3n) is 0.222. The Hall–Kier alpha value is -0.720. The van der Waals surface area contributed by atoms with Gasteiger partial charge in [0.15, 0.2) is 0 Å². The number of aliphatic hydroxyl groups is 1. The van der Waals surface area contributed by atoms with Gasteiger partial charge in [0.1, 0.15) is 0 Å². The number of hydrogen-bond donors (Lipinski definition) is 1. The number of rotatable bonds is 1. The van der Waals surface area contributed by atoms with Gasteiger partial charge in [-0.3, -0.25) is 0 Å². The number of allylic oxidation sites excluding steroid dienone is 2. The fourth-order valence-corrected chi connectivity index (χ4v) is 0.0609. The minimum absolute atomic E-state index is 0.938. The van der Waals surface area contributed by atoms with Gasteiger partial charge in [-0.05, 0) is 6.08 Å². The Morgan fingerprint density at radius 3 is 2.20 bits per heavy atom. The molecule has 0 fully saturated rings. The van der Waals surface area contributed by atoms with E-state index in [4.69, 9.17) is 5.11 Å². The van der Waals surface area contributed by atoms with Crippen LogP contribution in [0, 0.1) is 0 Å². The second-order valence-electron chi connectivity index (χ2n) is 0.577. The monoisotopic (exact) mass is 70.0 g/mol. The van der Waals surface area contributed by atoms with Gasteiger partial charge in [-0.2, -0.15) is 0 Å². The van der Waals surface area contributed by atoms with Gasteiger partial charge < -0.3 is 5.11 Å². The Labute approximate surface area is 31.2 Å². The van der Waals surface area contributed by atoms with Crippen LogP contribution in [0.15, 0.2) is 25.0 Å². The molecule has 1 nitrogen and oxygen atoms in total. The van der Waals surface area contributed by atoms with Crippen LogP contribution in [0.2, 0.25) is 0 Å². The summed E-state index contributed by atoms with van der Waals surface area (Å²) in [7, 11) is 0. The van der Waals surface area contributed by atoms with Crippen LogP contribution < -0.4 is 0 Å². The standard InChI is InChI=1S/C4H6O/c1-2-3-4-5/h2-5H,1H2/b4-3+. The largest absolute Gasteiger partial charge is 0.516 e. The highest BCUT2D eigenvalue weighted by Crippen LogP contribution is 1.61. The summed E-state index contributed by atoms with van der Waals surface area (Å²) >= 11 is 0. The highest BCUT2D eigenvalue weighted by atomic mass is 16.2. The van der Waals surface area contributed by atoms with E-state index in [0.29, 0.717) is 0 Å². The summed E-state index contributed by atoms with van der Waals surface area (Å²) < 4.78 is 0. The van der Waals surface area contributed by atoms with Gasteiger partial charge >= 0.3 is 0 Å². The van der Waals surface area contributed by atoms with E-state index in [1.165, 1.54) is 12.2 Å². The third kappa shape index (κ3) is 3.28. The van der Waals surface area contributed by atoms with E-state index in [9.17, 15) is 0 Å². The Bertz CT molecular complexity index is 45.6. The van der Waals surface area contributed by atoms with E-state index in [1.807, 2.05) is 0 Å². The average molecular weight is 70.1 g/mol. The predicted molar refractivity (Wildman–Crippen MR) is 22.0 cm³/mol. The molecule has 0 aromatic rings. The molecule has 0 radical (unpaired) electrons. The zero-order valence-electron chi connectivity index (χ0n) is 2.89. The lowest BCUT2D eigenvalue weighted by molar-refractivity contribution is 0.474. The fraction of sp³-hybridized carbons (Fsp3) is 0. The van der Waals surface area contributed by atoms with E-state index < -0.39 is 0 Å². The number of aliphatic hydroxyl groups excluding tert-OH is 1. The van der Waals surface area contributed by atoms with Crippen LogP contribution in [0.4, 0.5) is 0 Å². The zero-order valence-corrected chi connectivity index (χ0v) is 2.89. The van der Waals surface area contributed by atoms with Crippen molar-refractivity contribution < 1.29 is 5.11 Å². The lowest BCUT2D eigenvalue weighted by atomic mass is 10.6. The second kappa shape index (κ2) is 3.28. The fourth-order valence-electron chi connectivity index (χ4n) is 0.0609. The van der Waals surface area contributed by atoms with Gasteiger partial charge in [-0.25, -0.2) is 0 Å².